The Hall–Kier alpha value is -1.84. The van der Waals surface area contributed by atoms with Crippen molar-refractivity contribution in [1.82, 2.24) is 9.88 Å². The van der Waals surface area contributed by atoms with Gasteiger partial charge in [-0.3, -0.25) is 4.79 Å². The van der Waals surface area contributed by atoms with E-state index in [1.54, 1.807) is 21.0 Å². The Balaban J connectivity index is 2.27. The van der Waals surface area contributed by atoms with Gasteiger partial charge in [-0.05, 0) is 25.3 Å². The van der Waals surface area contributed by atoms with Crippen LogP contribution in [0.5, 0.6) is 0 Å². The highest BCUT2D eigenvalue weighted by Crippen LogP contribution is 2.32. The zero-order chi connectivity index (χ0) is 17.2. The number of halogens is 1. The molecule has 124 valence electrons. The molecule has 1 unspecified atom stereocenters. The van der Waals surface area contributed by atoms with Crippen molar-refractivity contribution in [2.75, 3.05) is 32.1 Å². The Morgan fingerprint density at radius 2 is 2.30 bits per heavy atom. The summed E-state index contributed by atoms with van der Waals surface area (Å²) in [7, 11) is 3.34. The average Bonchev–Trinajstić information content (AvgIpc) is 2.49. The summed E-state index contributed by atoms with van der Waals surface area (Å²) in [5, 5.41) is 20.6. The quantitative estimate of drug-likeness (QED) is 0.909. The molecule has 1 aromatic rings. The lowest BCUT2D eigenvalue weighted by atomic mass is 9.89. The first-order valence-corrected chi connectivity index (χ1v) is 7.88. The standard InChI is InChI=1S/C16H21ClN4O2/c1-11-12(8-18)15(19-9-13(11)17)21-6-4-5-16(23,10-21)7-14(22)20(2)3/h9,23H,4-7,10H2,1-3H3. The summed E-state index contributed by atoms with van der Waals surface area (Å²) in [6, 6.07) is 2.14. The molecule has 2 heterocycles. The molecular weight excluding hydrogens is 316 g/mol. The van der Waals surface area contributed by atoms with Gasteiger partial charge in [-0.1, -0.05) is 11.6 Å². The molecule has 1 aromatic heterocycles. The molecule has 0 aromatic carbocycles. The molecule has 0 bridgehead atoms. The molecule has 7 heteroatoms. The highest BCUT2D eigenvalue weighted by molar-refractivity contribution is 6.31. The van der Waals surface area contributed by atoms with E-state index >= 15 is 0 Å². The Kier molecular flexibility index (Phi) is 5.12. The van der Waals surface area contributed by atoms with Crippen LogP contribution in [0.25, 0.3) is 0 Å². The van der Waals surface area contributed by atoms with Crippen LogP contribution in [0, 0.1) is 18.3 Å². The largest absolute Gasteiger partial charge is 0.388 e. The molecule has 0 saturated carbocycles. The van der Waals surface area contributed by atoms with Gasteiger partial charge in [0.1, 0.15) is 11.9 Å². The van der Waals surface area contributed by atoms with Crippen LogP contribution >= 0.6 is 11.6 Å². The number of β-amino-alcohol motifs (C(OH)–C–C–N with tert-alkyl or cyclic N) is 1. The molecule has 0 radical (unpaired) electrons. The summed E-state index contributed by atoms with van der Waals surface area (Å²) in [5.41, 5.74) is -0.0139. The van der Waals surface area contributed by atoms with Crippen LogP contribution in [0.4, 0.5) is 5.82 Å². The van der Waals surface area contributed by atoms with Crippen molar-refractivity contribution in [2.24, 2.45) is 0 Å². The molecule has 1 fully saturated rings. The monoisotopic (exact) mass is 336 g/mol. The number of carbonyl (C=O) groups is 1. The van der Waals surface area contributed by atoms with Crippen molar-refractivity contribution in [3.8, 4) is 6.07 Å². The van der Waals surface area contributed by atoms with Crippen LogP contribution in [0.3, 0.4) is 0 Å². The van der Waals surface area contributed by atoms with Gasteiger partial charge in [-0.15, -0.1) is 0 Å². The van der Waals surface area contributed by atoms with Gasteiger partial charge >= 0.3 is 0 Å². The molecule has 23 heavy (non-hydrogen) atoms. The molecule has 1 atom stereocenters. The third kappa shape index (κ3) is 3.74. The first kappa shape index (κ1) is 17.5. The fraction of sp³-hybridized carbons (Fsp3) is 0.562. The van der Waals surface area contributed by atoms with Crippen molar-refractivity contribution in [3.05, 3.63) is 22.3 Å². The van der Waals surface area contributed by atoms with E-state index in [0.29, 0.717) is 34.9 Å². The first-order chi connectivity index (χ1) is 10.8. The molecule has 6 nitrogen and oxygen atoms in total. The van der Waals surface area contributed by atoms with Gasteiger partial charge in [0, 0.05) is 33.4 Å². The number of anilines is 1. The Bertz CT molecular complexity index is 656. The smallest absolute Gasteiger partial charge is 0.225 e. The second kappa shape index (κ2) is 6.73. The molecule has 1 amide bonds. The lowest BCUT2D eigenvalue weighted by molar-refractivity contribution is -0.134. The molecule has 1 saturated heterocycles. The number of piperidine rings is 1. The van der Waals surface area contributed by atoms with E-state index in [1.807, 2.05) is 4.90 Å². The number of carbonyl (C=O) groups excluding carboxylic acids is 1. The van der Waals surface area contributed by atoms with Crippen molar-refractivity contribution in [2.45, 2.75) is 31.8 Å². The van der Waals surface area contributed by atoms with Crippen LogP contribution in [-0.4, -0.2) is 53.7 Å². The maximum atomic E-state index is 11.9. The van der Waals surface area contributed by atoms with E-state index in [9.17, 15) is 15.2 Å². The predicted molar refractivity (Wildman–Crippen MR) is 88.4 cm³/mol. The van der Waals surface area contributed by atoms with E-state index in [-0.39, 0.29) is 18.9 Å². The van der Waals surface area contributed by atoms with E-state index in [0.717, 1.165) is 6.42 Å². The van der Waals surface area contributed by atoms with Crippen molar-refractivity contribution >= 4 is 23.3 Å². The first-order valence-electron chi connectivity index (χ1n) is 7.50. The number of aliphatic hydroxyl groups is 1. The number of amides is 1. The lowest BCUT2D eigenvalue weighted by Crippen LogP contribution is -2.51. The van der Waals surface area contributed by atoms with Gasteiger partial charge < -0.3 is 14.9 Å². The number of rotatable bonds is 3. The third-order valence-corrected chi connectivity index (χ3v) is 4.58. The predicted octanol–water partition coefficient (Wildman–Crippen LogP) is 1.72. The maximum Gasteiger partial charge on any atom is 0.225 e. The Morgan fingerprint density at radius 3 is 2.91 bits per heavy atom. The zero-order valence-corrected chi connectivity index (χ0v) is 14.4. The summed E-state index contributed by atoms with van der Waals surface area (Å²) in [6.07, 6.45) is 2.86. The molecule has 1 N–H and O–H groups in total. The number of nitriles is 1. The molecule has 2 rings (SSSR count). The summed E-state index contributed by atoms with van der Waals surface area (Å²) in [5.74, 6) is 0.403. The van der Waals surface area contributed by atoms with Crippen molar-refractivity contribution in [1.29, 1.82) is 5.26 Å². The molecular formula is C16H21ClN4O2. The molecule has 1 aliphatic rings. The zero-order valence-electron chi connectivity index (χ0n) is 13.6. The van der Waals surface area contributed by atoms with E-state index in [2.05, 4.69) is 11.1 Å². The van der Waals surface area contributed by atoms with Crippen molar-refractivity contribution in [3.63, 3.8) is 0 Å². The minimum atomic E-state index is -1.11. The topological polar surface area (TPSA) is 80.5 Å². The number of hydrogen-bond acceptors (Lipinski definition) is 5. The number of hydrogen-bond donors (Lipinski definition) is 1. The fourth-order valence-electron chi connectivity index (χ4n) is 2.82. The van der Waals surface area contributed by atoms with Crippen LogP contribution in [0.15, 0.2) is 6.20 Å². The average molecular weight is 337 g/mol. The van der Waals surface area contributed by atoms with Gasteiger partial charge in [-0.2, -0.15) is 5.26 Å². The van der Waals surface area contributed by atoms with Gasteiger partial charge in [0.2, 0.25) is 5.91 Å². The van der Waals surface area contributed by atoms with Gasteiger partial charge in [-0.25, -0.2) is 4.98 Å². The number of aromatic nitrogens is 1. The summed E-state index contributed by atoms with van der Waals surface area (Å²) >= 11 is 6.03. The minimum Gasteiger partial charge on any atom is -0.388 e. The summed E-state index contributed by atoms with van der Waals surface area (Å²) < 4.78 is 0. The van der Waals surface area contributed by atoms with Crippen molar-refractivity contribution < 1.29 is 9.90 Å². The molecule has 0 aliphatic carbocycles. The fourth-order valence-corrected chi connectivity index (χ4v) is 2.96. The van der Waals surface area contributed by atoms with E-state index < -0.39 is 5.60 Å². The van der Waals surface area contributed by atoms with Gasteiger partial charge in [0.25, 0.3) is 0 Å². The van der Waals surface area contributed by atoms with Crippen LogP contribution in [0.1, 0.15) is 30.4 Å². The second-order valence-corrected chi connectivity index (χ2v) is 6.66. The number of nitrogens with zero attached hydrogens (tertiary/aromatic N) is 4. The van der Waals surface area contributed by atoms with E-state index in [1.165, 1.54) is 11.1 Å². The van der Waals surface area contributed by atoms with Crippen LogP contribution in [0.2, 0.25) is 5.02 Å². The highest BCUT2D eigenvalue weighted by Gasteiger charge is 2.37. The normalized spacial score (nSPS) is 21.0. The minimum absolute atomic E-state index is 0.0605. The van der Waals surface area contributed by atoms with Crippen LogP contribution in [-0.2, 0) is 4.79 Å². The molecule has 0 spiro atoms. The number of pyridine rings is 1. The second-order valence-electron chi connectivity index (χ2n) is 6.26. The summed E-state index contributed by atoms with van der Waals surface area (Å²) in [4.78, 5) is 19.6. The highest BCUT2D eigenvalue weighted by atomic mass is 35.5. The summed E-state index contributed by atoms with van der Waals surface area (Å²) in [6.45, 7) is 2.73. The van der Waals surface area contributed by atoms with E-state index in [4.69, 9.17) is 11.6 Å². The third-order valence-electron chi connectivity index (χ3n) is 4.20. The lowest BCUT2D eigenvalue weighted by Gasteiger charge is -2.40. The van der Waals surface area contributed by atoms with Crippen LogP contribution < -0.4 is 4.90 Å². The van der Waals surface area contributed by atoms with Gasteiger partial charge in [0.15, 0.2) is 0 Å². The molecule has 1 aliphatic heterocycles. The Labute approximate surface area is 141 Å². The Morgan fingerprint density at radius 1 is 1.61 bits per heavy atom. The van der Waals surface area contributed by atoms with Gasteiger partial charge in [0.05, 0.1) is 22.6 Å². The SMILES string of the molecule is Cc1c(Cl)cnc(N2CCCC(O)(CC(=O)N(C)C)C2)c1C#N. The maximum absolute atomic E-state index is 11.9.